The van der Waals surface area contributed by atoms with Gasteiger partial charge >= 0.3 is 0 Å². The predicted octanol–water partition coefficient (Wildman–Crippen LogP) is 2.90. The van der Waals surface area contributed by atoms with E-state index in [1.807, 2.05) is 30.6 Å². The van der Waals surface area contributed by atoms with Gasteiger partial charge in [-0.3, -0.25) is 0 Å². The highest BCUT2D eigenvalue weighted by Crippen LogP contribution is 2.32. The number of fused-ring (bicyclic) bond motifs is 1. The summed E-state index contributed by atoms with van der Waals surface area (Å²) in [5, 5.41) is 13.0. The number of hydrogen-bond donors (Lipinski definition) is 1. The molecule has 7 heteroatoms. The molecule has 0 radical (unpaired) electrons. The Balaban J connectivity index is 1.56. The van der Waals surface area contributed by atoms with Gasteiger partial charge in [0.1, 0.15) is 12.2 Å². The fraction of sp³-hybridized carbons (Fsp3) is 0.263. The number of nitrogens with zero attached hydrogens (tertiary/aromatic N) is 6. The van der Waals surface area contributed by atoms with Crippen LogP contribution in [0.15, 0.2) is 55.1 Å². The minimum atomic E-state index is 0.398. The van der Waals surface area contributed by atoms with Gasteiger partial charge in [-0.15, -0.1) is 10.2 Å². The Bertz CT molecular complexity index is 1010. The molecule has 130 valence electrons. The SMILES string of the molecule is c1ccc(-c2cc(N3CCCC(c4ncc[nH]4)C3)c3nncn3n2)cc1. The van der Waals surface area contributed by atoms with Gasteiger partial charge in [-0.1, -0.05) is 30.3 Å². The number of piperidine rings is 1. The minimum Gasteiger partial charge on any atom is -0.368 e. The summed E-state index contributed by atoms with van der Waals surface area (Å²) < 4.78 is 1.77. The Morgan fingerprint density at radius 1 is 1.15 bits per heavy atom. The van der Waals surface area contributed by atoms with Crippen LogP contribution in [0.3, 0.4) is 0 Å². The maximum Gasteiger partial charge on any atom is 0.200 e. The molecule has 1 atom stereocenters. The van der Waals surface area contributed by atoms with Crippen molar-refractivity contribution in [1.82, 2.24) is 29.8 Å². The molecule has 4 heterocycles. The number of nitrogens with one attached hydrogen (secondary N) is 1. The van der Waals surface area contributed by atoms with E-state index < -0.39 is 0 Å². The van der Waals surface area contributed by atoms with Crippen molar-refractivity contribution in [3.05, 3.63) is 60.9 Å². The summed E-state index contributed by atoms with van der Waals surface area (Å²) in [5.74, 6) is 1.46. The van der Waals surface area contributed by atoms with Gasteiger partial charge in [0.05, 0.1) is 11.4 Å². The molecule has 1 aliphatic heterocycles. The average molecular weight is 345 g/mol. The fourth-order valence-electron chi connectivity index (χ4n) is 3.71. The topological polar surface area (TPSA) is 75.0 Å². The van der Waals surface area contributed by atoms with Gasteiger partial charge in [-0.25, -0.2) is 4.98 Å². The van der Waals surface area contributed by atoms with Crippen LogP contribution in [0.4, 0.5) is 5.69 Å². The van der Waals surface area contributed by atoms with E-state index in [1.165, 1.54) is 0 Å². The Kier molecular flexibility index (Phi) is 3.62. The number of rotatable bonds is 3. The summed E-state index contributed by atoms with van der Waals surface area (Å²) in [5.41, 5.74) is 3.88. The van der Waals surface area contributed by atoms with Crippen molar-refractivity contribution in [1.29, 1.82) is 0 Å². The van der Waals surface area contributed by atoms with Crippen LogP contribution in [0.25, 0.3) is 16.9 Å². The normalized spacial score (nSPS) is 17.7. The van der Waals surface area contributed by atoms with Gasteiger partial charge in [0.15, 0.2) is 0 Å². The van der Waals surface area contributed by atoms with Crippen molar-refractivity contribution >= 4 is 11.3 Å². The minimum absolute atomic E-state index is 0.398. The smallest absolute Gasteiger partial charge is 0.200 e. The Hall–Kier alpha value is -3.22. The average Bonchev–Trinajstić information content (AvgIpc) is 3.40. The third-order valence-corrected chi connectivity index (χ3v) is 4.99. The van der Waals surface area contributed by atoms with Gasteiger partial charge in [-0.2, -0.15) is 9.61 Å². The van der Waals surface area contributed by atoms with E-state index in [9.17, 15) is 0 Å². The van der Waals surface area contributed by atoms with E-state index in [2.05, 4.69) is 48.4 Å². The zero-order chi connectivity index (χ0) is 17.3. The van der Waals surface area contributed by atoms with E-state index in [4.69, 9.17) is 0 Å². The number of hydrogen-bond acceptors (Lipinski definition) is 5. The van der Waals surface area contributed by atoms with Crippen molar-refractivity contribution in [3.8, 4) is 11.3 Å². The molecule has 1 unspecified atom stereocenters. The Morgan fingerprint density at radius 3 is 2.92 bits per heavy atom. The first kappa shape index (κ1) is 15.1. The third-order valence-electron chi connectivity index (χ3n) is 4.99. The molecule has 0 bridgehead atoms. The molecule has 4 aromatic rings. The second-order valence-electron chi connectivity index (χ2n) is 6.64. The summed E-state index contributed by atoms with van der Waals surface area (Å²) in [6, 6.07) is 12.3. The molecule has 1 aliphatic rings. The molecular formula is C19H19N7. The monoisotopic (exact) mass is 345 g/mol. The zero-order valence-electron chi connectivity index (χ0n) is 14.3. The van der Waals surface area contributed by atoms with Gasteiger partial charge in [0.2, 0.25) is 5.65 Å². The lowest BCUT2D eigenvalue weighted by Crippen LogP contribution is -2.35. The molecule has 0 saturated carbocycles. The molecule has 1 saturated heterocycles. The Morgan fingerprint density at radius 2 is 2.08 bits per heavy atom. The maximum absolute atomic E-state index is 4.68. The lowest BCUT2D eigenvalue weighted by molar-refractivity contribution is 0.494. The summed E-state index contributed by atoms with van der Waals surface area (Å²) >= 11 is 0. The van der Waals surface area contributed by atoms with E-state index in [1.54, 1.807) is 10.8 Å². The van der Waals surface area contributed by atoms with Gasteiger partial charge in [0, 0.05) is 37.0 Å². The summed E-state index contributed by atoms with van der Waals surface area (Å²) in [7, 11) is 0. The molecule has 7 nitrogen and oxygen atoms in total. The molecule has 0 spiro atoms. The van der Waals surface area contributed by atoms with E-state index in [-0.39, 0.29) is 0 Å². The highest BCUT2D eigenvalue weighted by Gasteiger charge is 2.25. The largest absolute Gasteiger partial charge is 0.368 e. The molecule has 1 N–H and O–H groups in total. The van der Waals surface area contributed by atoms with Crippen molar-refractivity contribution in [2.45, 2.75) is 18.8 Å². The third kappa shape index (κ3) is 2.61. The first-order valence-electron chi connectivity index (χ1n) is 8.89. The molecule has 1 fully saturated rings. The number of aromatic amines is 1. The highest BCUT2D eigenvalue weighted by molar-refractivity contribution is 5.74. The van der Waals surface area contributed by atoms with Crippen molar-refractivity contribution in [2.24, 2.45) is 0 Å². The van der Waals surface area contributed by atoms with Crippen LogP contribution in [0.5, 0.6) is 0 Å². The van der Waals surface area contributed by atoms with Crippen LogP contribution in [-0.4, -0.2) is 42.9 Å². The molecule has 1 aromatic carbocycles. The second-order valence-corrected chi connectivity index (χ2v) is 6.64. The number of anilines is 1. The van der Waals surface area contributed by atoms with Crippen molar-refractivity contribution in [3.63, 3.8) is 0 Å². The summed E-state index contributed by atoms with van der Waals surface area (Å²) in [6.45, 7) is 1.91. The van der Waals surface area contributed by atoms with E-state index >= 15 is 0 Å². The van der Waals surface area contributed by atoms with Gasteiger partial charge < -0.3 is 9.88 Å². The van der Waals surface area contributed by atoms with Gasteiger partial charge in [-0.05, 0) is 18.9 Å². The standard InChI is InChI=1S/C19H19N7/c1-2-5-14(6-3-1)16-11-17(19-23-22-13-26(19)24-16)25-10-4-7-15(12-25)18-20-8-9-21-18/h1-3,5-6,8-9,11,13,15H,4,7,10,12H2,(H,20,21). The van der Waals surface area contributed by atoms with Crippen LogP contribution in [0.2, 0.25) is 0 Å². The van der Waals surface area contributed by atoms with E-state index in [0.717, 1.165) is 54.3 Å². The van der Waals surface area contributed by atoms with Gasteiger partial charge in [0.25, 0.3) is 0 Å². The quantitative estimate of drug-likeness (QED) is 0.618. The predicted molar refractivity (Wildman–Crippen MR) is 99.0 cm³/mol. The summed E-state index contributed by atoms with van der Waals surface area (Å²) in [6.07, 6.45) is 7.65. The maximum atomic E-state index is 4.68. The zero-order valence-corrected chi connectivity index (χ0v) is 14.3. The van der Waals surface area contributed by atoms with Crippen LogP contribution in [-0.2, 0) is 0 Å². The molecule has 5 rings (SSSR count). The molecule has 3 aromatic heterocycles. The highest BCUT2D eigenvalue weighted by atomic mass is 15.4. The lowest BCUT2D eigenvalue weighted by atomic mass is 9.97. The molecule has 26 heavy (non-hydrogen) atoms. The Labute approximate surface area is 150 Å². The first-order valence-corrected chi connectivity index (χ1v) is 8.89. The van der Waals surface area contributed by atoms with Crippen molar-refractivity contribution < 1.29 is 0 Å². The number of H-pyrrole nitrogens is 1. The number of benzene rings is 1. The number of imidazole rings is 1. The van der Waals surface area contributed by atoms with Crippen LogP contribution in [0.1, 0.15) is 24.6 Å². The first-order chi connectivity index (χ1) is 12.9. The van der Waals surface area contributed by atoms with Crippen LogP contribution in [0, 0.1) is 0 Å². The van der Waals surface area contributed by atoms with E-state index in [0.29, 0.717) is 5.92 Å². The molecule has 0 aliphatic carbocycles. The van der Waals surface area contributed by atoms with Crippen LogP contribution < -0.4 is 4.90 Å². The number of aromatic nitrogens is 6. The summed E-state index contributed by atoms with van der Waals surface area (Å²) in [4.78, 5) is 10.1. The molecule has 0 amide bonds. The second kappa shape index (κ2) is 6.25. The fourth-order valence-corrected chi connectivity index (χ4v) is 3.71. The van der Waals surface area contributed by atoms with Crippen molar-refractivity contribution in [2.75, 3.05) is 18.0 Å². The van der Waals surface area contributed by atoms with Crippen LogP contribution >= 0.6 is 0 Å². The lowest BCUT2D eigenvalue weighted by Gasteiger charge is -2.33. The molecular weight excluding hydrogens is 326 g/mol.